The van der Waals surface area contributed by atoms with Crippen molar-refractivity contribution in [2.45, 2.75) is 44.6 Å². The summed E-state index contributed by atoms with van der Waals surface area (Å²) in [5.74, 6) is 2.29. The van der Waals surface area contributed by atoms with Crippen LogP contribution in [0, 0.1) is 23.2 Å². The third kappa shape index (κ3) is 2.35. The quantitative estimate of drug-likeness (QED) is 0.835. The number of carbonyl (C=O) groups excluding carboxylic acids is 2. The molecule has 4 saturated carbocycles. The van der Waals surface area contributed by atoms with Crippen LogP contribution in [0.5, 0.6) is 0 Å². The van der Waals surface area contributed by atoms with Crippen LogP contribution < -0.4 is 0 Å². The Morgan fingerprint density at radius 3 is 2.25 bits per heavy atom. The van der Waals surface area contributed by atoms with E-state index in [1.807, 2.05) is 28.8 Å². The van der Waals surface area contributed by atoms with Gasteiger partial charge >= 0.3 is 0 Å². The van der Waals surface area contributed by atoms with Crippen molar-refractivity contribution in [1.82, 2.24) is 9.30 Å². The Bertz CT molecular complexity index is 950. The van der Waals surface area contributed by atoms with Gasteiger partial charge < -0.3 is 14.4 Å². The second kappa shape index (κ2) is 5.69. The number of fused-ring (bicyclic) bond motifs is 1. The number of pyridine rings is 1. The molecule has 0 unspecified atom stereocenters. The first-order chi connectivity index (χ1) is 13.5. The highest BCUT2D eigenvalue weighted by Crippen LogP contribution is 2.61. The van der Waals surface area contributed by atoms with Crippen LogP contribution in [0.15, 0.2) is 30.5 Å². The first-order valence-corrected chi connectivity index (χ1v) is 10.6. The Balaban J connectivity index is 1.41. The smallest absolute Gasteiger partial charge is 0.254 e. The summed E-state index contributed by atoms with van der Waals surface area (Å²) in [4.78, 5) is 28.4. The SMILES string of the molecule is O=C(c1cc(C(=O)C23CC4CC(CC(C4)C2)C3)n2cccc2c1)N1CC(O)C1. The molecule has 146 valence electrons. The van der Waals surface area contributed by atoms with Gasteiger partial charge in [0.15, 0.2) is 5.78 Å². The van der Waals surface area contributed by atoms with Crippen LogP contribution in [0.4, 0.5) is 0 Å². The number of aliphatic hydroxyl groups excluding tert-OH is 1. The molecule has 7 rings (SSSR count). The maximum atomic E-state index is 13.9. The molecule has 2 aromatic heterocycles. The molecule has 4 bridgehead atoms. The molecule has 5 fully saturated rings. The molecule has 1 N–H and O–H groups in total. The van der Waals surface area contributed by atoms with E-state index >= 15 is 0 Å². The van der Waals surface area contributed by atoms with E-state index in [9.17, 15) is 14.7 Å². The summed E-state index contributed by atoms with van der Waals surface area (Å²) < 4.78 is 1.96. The van der Waals surface area contributed by atoms with E-state index in [1.54, 1.807) is 11.0 Å². The lowest BCUT2D eigenvalue weighted by atomic mass is 9.48. The summed E-state index contributed by atoms with van der Waals surface area (Å²) in [5.41, 5.74) is 1.89. The monoisotopic (exact) mass is 378 g/mol. The lowest BCUT2D eigenvalue weighted by Gasteiger charge is -2.55. The molecule has 0 radical (unpaired) electrons. The fourth-order valence-electron chi connectivity index (χ4n) is 6.91. The number of amides is 1. The summed E-state index contributed by atoms with van der Waals surface area (Å²) >= 11 is 0. The minimum Gasteiger partial charge on any atom is -0.389 e. The van der Waals surface area contributed by atoms with Gasteiger partial charge in [0.2, 0.25) is 0 Å². The van der Waals surface area contributed by atoms with Gasteiger partial charge in [-0.25, -0.2) is 0 Å². The molecule has 5 heteroatoms. The predicted molar refractivity (Wildman–Crippen MR) is 104 cm³/mol. The predicted octanol–water partition coefficient (Wildman–Crippen LogP) is 3.16. The highest BCUT2D eigenvalue weighted by molar-refractivity contribution is 6.03. The van der Waals surface area contributed by atoms with Crippen molar-refractivity contribution in [3.8, 4) is 0 Å². The average Bonchev–Trinajstić information content (AvgIpc) is 3.11. The number of hydrogen-bond donors (Lipinski definition) is 1. The number of aliphatic hydroxyl groups is 1. The van der Waals surface area contributed by atoms with Crippen LogP contribution >= 0.6 is 0 Å². The zero-order valence-corrected chi connectivity index (χ0v) is 16.0. The zero-order chi connectivity index (χ0) is 19.0. The molecule has 5 nitrogen and oxygen atoms in total. The van der Waals surface area contributed by atoms with E-state index in [1.165, 1.54) is 19.3 Å². The lowest BCUT2D eigenvalue weighted by Crippen LogP contribution is -2.53. The average molecular weight is 378 g/mol. The molecule has 2 aromatic rings. The van der Waals surface area contributed by atoms with Crippen LogP contribution in [0.25, 0.3) is 5.52 Å². The van der Waals surface area contributed by atoms with Gasteiger partial charge in [0, 0.05) is 35.8 Å². The number of nitrogens with zero attached hydrogens (tertiary/aromatic N) is 2. The Hall–Kier alpha value is -2.14. The van der Waals surface area contributed by atoms with E-state index in [-0.39, 0.29) is 17.1 Å². The number of hydrogen-bond acceptors (Lipinski definition) is 3. The Labute approximate surface area is 164 Å². The van der Waals surface area contributed by atoms with Gasteiger partial charge in [0.25, 0.3) is 5.91 Å². The van der Waals surface area contributed by atoms with Gasteiger partial charge in [-0.2, -0.15) is 0 Å². The van der Waals surface area contributed by atoms with Crippen molar-refractivity contribution in [2.75, 3.05) is 13.1 Å². The van der Waals surface area contributed by atoms with Crippen molar-refractivity contribution in [3.63, 3.8) is 0 Å². The first-order valence-electron chi connectivity index (χ1n) is 10.6. The second-order valence-corrected chi connectivity index (χ2v) is 9.82. The van der Waals surface area contributed by atoms with E-state index < -0.39 is 6.10 Å². The van der Waals surface area contributed by atoms with E-state index in [0.717, 1.165) is 24.8 Å². The van der Waals surface area contributed by atoms with Crippen LogP contribution in [0.2, 0.25) is 0 Å². The molecule has 1 aliphatic heterocycles. The Kier molecular flexibility index (Phi) is 3.41. The van der Waals surface area contributed by atoms with Gasteiger partial charge in [0.05, 0.1) is 11.8 Å². The highest BCUT2D eigenvalue weighted by Gasteiger charge is 2.55. The summed E-state index contributed by atoms with van der Waals surface area (Å²) in [6.07, 6.45) is 8.51. The molecule has 3 heterocycles. The topological polar surface area (TPSA) is 62.0 Å². The normalized spacial score (nSPS) is 34.0. The molecule has 0 atom stereocenters. The molecule has 4 aliphatic carbocycles. The number of ketones is 1. The largest absolute Gasteiger partial charge is 0.389 e. The number of carbonyl (C=O) groups is 2. The fourth-order valence-corrected chi connectivity index (χ4v) is 6.91. The Morgan fingerprint density at radius 1 is 1.00 bits per heavy atom. The number of aromatic nitrogens is 1. The van der Waals surface area contributed by atoms with Gasteiger partial charge in [-0.1, -0.05) is 0 Å². The summed E-state index contributed by atoms with van der Waals surface area (Å²) in [6, 6.07) is 7.57. The van der Waals surface area contributed by atoms with Gasteiger partial charge in [-0.15, -0.1) is 0 Å². The van der Waals surface area contributed by atoms with Crippen LogP contribution in [0.1, 0.15) is 59.4 Å². The van der Waals surface area contributed by atoms with Gasteiger partial charge in [-0.05, 0) is 80.5 Å². The summed E-state index contributed by atoms with van der Waals surface area (Å²) in [7, 11) is 0. The molecule has 1 amide bonds. The van der Waals surface area contributed by atoms with Crippen molar-refractivity contribution in [3.05, 3.63) is 41.7 Å². The summed E-state index contributed by atoms with van der Waals surface area (Å²) in [5, 5.41) is 9.54. The molecule has 0 spiro atoms. The van der Waals surface area contributed by atoms with Crippen molar-refractivity contribution >= 4 is 17.2 Å². The van der Waals surface area contributed by atoms with Gasteiger partial charge in [-0.3, -0.25) is 9.59 Å². The van der Waals surface area contributed by atoms with E-state index in [0.29, 0.717) is 42.1 Å². The number of β-amino-alcohol motifs (C(OH)–C–C–N with tert-alkyl or cyclic N) is 1. The third-order valence-corrected chi connectivity index (χ3v) is 7.78. The number of Topliss-reactive ketones (excluding diaryl/α,β-unsaturated/α-hetero) is 1. The molecule has 28 heavy (non-hydrogen) atoms. The molecular weight excluding hydrogens is 352 g/mol. The van der Waals surface area contributed by atoms with Crippen LogP contribution in [0.3, 0.4) is 0 Å². The van der Waals surface area contributed by atoms with Crippen molar-refractivity contribution in [1.29, 1.82) is 0 Å². The molecular formula is C23H26N2O3. The number of rotatable bonds is 3. The van der Waals surface area contributed by atoms with E-state index in [2.05, 4.69) is 0 Å². The van der Waals surface area contributed by atoms with Crippen molar-refractivity contribution < 1.29 is 14.7 Å². The third-order valence-electron chi connectivity index (χ3n) is 7.78. The fraction of sp³-hybridized carbons (Fsp3) is 0.565. The Morgan fingerprint density at radius 2 is 1.64 bits per heavy atom. The van der Waals surface area contributed by atoms with Gasteiger partial charge in [0.1, 0.15) is 0 Å². The molecule has 5 aliphatic rings. The zero-order valence-electron chi connectivity index (χ0n) is 16.0. The minimum atomic E-state index is -0.422. The minimum absolute atomic E-state index is 0.0893. The maximum Gasteiger partial charge on any atom is 0.254 e. The van der Waals surface area contributed by atoms with Crippen LogP contribution in [-0.4, -0.2) is 45.3 Å². The number of likely N-dealkylation sites (tertiary alicyclic amines) is 1. The highest BCUT2D eigenvalue weighted by atomic mass is 16.3. The molecule has 0 aromatic carbocycles. The molecule has 1 saturated heterocycles. The maximum absolute atomic E-state index is 13.9. The first kappa shape index (κ1) is 16.8. The second-order valence-electron chi connectivity index (χ2n) is 9.82. The van der Waals surface area contributed by atoms with Crippen molar-refractivity contribution in [2.24, 2.45) is 23.2 Å². The summed E-state index contributed by atoms with van der Waals surface area (Å²) in [6.45, 7) is 0.757. The van der Waals surface area contributed by atoms with E-state index in [4.69, 9.17) is 0 Å². The van der Waals surface area contributed by atoms with Crippen LogP contribution in [-0.2, 0) is 0 Å². The lowest BCUT2D eigenvalue weighted by molar-refractivity contribution is -0.0356. The standard InChI is InChI=1S/C23H26N2O3/c26-19-12-24(13-19)22(28)17-7-18-2-1-3-25(18)20(8-17)21(27)23-9-14-4-15(10-23)6-16(5-14)11-23/h1-3,7-8,14-16,19,26H,4-6,9-13H2.